The van der Waals surface area contributed by atoms with Crippen LogP contribution in [0.4, 0.5) is 0 Å². The van der Waals surface area contributed by atoms with E-state index in [0.29, 0.717) is 12.1 Å². The van der Waals surface area contributed by atoms with Gasteiger partial charge in [-0.05, 0) is 17.7 Å². The molecule has 5 nitrogen and oxygen atoms in total. The van der Waals surface area contributed by atoms with E-state index in [1.54, 1.807) is 0 Å². The summed E-state index contributed by atoms with van der Waals surface area (Å²) in [6.07, 6.45) is 3.85. The van der Waals surface area contributed by atoms with Crippen molar-refractivity contribution in [1.29, 1.82) is 0 Å². The molecule has 1 amide bonds. The lowest BCUT2D eigenvalue weighted by molar-refractivity contribution is 0.0955. The minimum Gasteiger partial charge on any atom is -0.400 e. The second-order valence-corrected chi connectivity index (χ2v) is 5.33. The summed E-state index contributed by atoms with van der Waals surface area (Å²) in [5.41, 5.74) is 9.70. The number of aromatic amines is 1. The quantitative estimate of drug-likeness (QED) is 0.771. The number of carbonyl (C=O) groups excluding carboxylic acids is 1. The maximum atomic E-state index is 12.2. The lowest BCUT2D eigenvalue weighted by atomic mass is 9.95. The van der Waals surface area contributed by atoms with Crippen LogP contribution in [0.1, 0.15) is 21.8 Å². The molecule has 0 saturated heterocycles. The molecule has 0 bridgehead atoms. The number of amides is 1. The topological polar surface area (TPSA) is 74.2 Å². The molecule has 0 spiro atoms. The highest BCUT2D eigenvalue weighted by molar-refractivity contribution is 6.08. The van der Waals surface area contributed by atoms with Gasteiger partial charge in [0.25, 0.3) is 5.91 Å². The Morgan fingerprint density at radius 3 is 3.00 bits per heavy atom. The molecule has 3 rings (SSSR count). The van der Waals surface area contributed by atoms with Crippen molar-refractivity contribution < 1.29 is 4.79 Å². The van der Waals surface area contributed by atoms with Crippen molar-refractivity contribution in [3.63, 3.8) is 0 Å². The van der Waals surface area contributed by atoms with Gasteiger partial charge in [-0.25, -0.2) is 0 Å². The fourth-order valence-corrected chi connectivity index (χ4v) is 2.76. The van der Waals surface area contributed by atoms with Crippen molar-refractivity contribution in [2.75, 3.05) is 20.6 Å². The van der Waals surface area contributed by atoms with Crippen LogP contribution in [0.25, 0.3) is 10.9 Å². The summed E-state index contributed by atoms with van der Waals surface area (Å²) >= 11 is 0. The van der Waals surface area contributed by atoms with Gasteiger partial charge in [0.15, 0.2) is 0 Å². The van der Waals surface area contributed by atoms with Crippen molar-refractivity contribution in [1.82, 2.24) is 15.2 Å². The summed E-state index contributed by atoms with van der Waals surface area (Å²) in [6.45, 7) is 0.511. The maximum absolute atomic E-state index is 12.2. The molecule has 1 aromatic heterocycles. The fourth-order valence-electron chi connectivity index (χ4n) is 2.76. The van der Waals surface area contributed by atoms with E-state index in [0.717, 1.165) is 22.2 Å². The number of hydrogen-bond acceptors (Lipinski definition) is 3. The molecule has 0 radical (unpaired) electrons. The highest BCUT2D eigenvalue weighted by Crippen LogP contribution is 2.33. The normalized spacial score (nSPS) is 18.8. The van der Waals surface area contributed by atoms with E-state index >= 15 is 0 Å². The van der Waals surface area contributed by atoms with Gasteiger partial charge in [0.05, 0.1) is 0 Å². The first-order valence-electron chi connectivity index (χ1n) is 6.59. The molecule has 104 valence electrons. The first-order valence-corrected chi connectivity index (χ1v) is 6.59. The van der Waals surface area contributed by atoms with Crippen LogP contribution in [0.5, 0.6) is 0 Å². The maximum Gasteiger partial charge on any atom is 0.252 e. The second-order valence-electron chi connectivity index (χ2n) is 5.33. The van der Waals surface area contributed by atoms with Gasteiger partial charge in [-0.1, -0.05) is 6.07 Å². The molecule has 20 heavy (non-hydrogen) atoms. The smallest absolute Gasteiger partial charge is 0.252 e. The van der Waals surface area contributed by atoms with E-state index in [1.807, 2.05) is 49.6 Å². The fraction of sp³-hybridized carbons (Fsp3) is 0.267. The second kappa shape index (κ2) is 4.59. The summed E-state index contributed by atoms with van der Waals surface area (Å²) in [6, 6.07) is 5.71. The van der Waals surface area contributed by atoms with Crippen molar-refractivity contribution in [2.24, 2.45) is 5.73 Å². The van der Waals surface area contributed by atoms with Gasteiger partial charge >= 0.3 is 0 Å². The Hall–Kier alpha value is -2.43. The van der Waals surface area contributed by atoms with Gasteiger partial charge in [0.1, 0.15) is 0 Å². The number of rotatable bonds is 2. The average Bonchev–Trinajstić information content (AvgIpc) is 2.75. The first-order chi connectivity index (χ1) is 9.58. The minimum absolute atomic E-state index is 0.0150. The third kappa shape index (κ3) is 1.91. The van der Waals surface area contributed by atoms with Crippen molar-refractivity contribution in [3.8, 4) is 0 Å². The number of hydrogen-bond donors (Lipinski definition) is 3. The molecule has 5 heteroatoms. The van der Waals surface area contributed by atoms with Crippen LogP contribution in [-0.2, 0) is 0 Å². The standard InChI is InChI=1S/C15H18N4O/c1-19(2)8-12(16)10-6-18-15(20)9-4-3-5-13-14(9)11(10)7-17-13/h3-5,7-8,10,17H,6,16H2,1-2H3,(H,18,20). The van der Waals surface area contributed by atoms with E-state index < -0.39 is 0 Å². The molecule has 1 aromatic carbocycles. The van der Waals surface area contributed by atoms with Crippen LogP contribution in [0.15, 0.2) is 36.3 Å². The molecular weight excluding hydrogens is 252 g/mol. The van der Waals surface area contributed by atoms with Crippen LogP contribution in [0, 0.1) is 0 Å². The zero-order valence-corrected chi connectivity index (χ0v) is 11.6. The number of aromatic nitrogens is 1. The highest BCUT2D eigenvalue weighted by atomic mass is 16.1. The third-order valence-electron chi connectivity index (χ3n) is 3.63. The number of H-pyrrole nitrogens is 1. The Morgan fingerprint density at radius 2 is 2.25 bits per heavy atom. The molecule has 0 aliphatic carbocycles. The predicted octanol–water partition coefficient (Wildman–Crippen LogP) is 1.36. The number of carbonyl (C=O) groups is 1. The van der Waals surface area contributed by atoms with E-state index in [-0.39, 0.29) is 11.8 Å². The van der Waals surface area contributed by atoms with Gasteiger partial charge in [-0.2, -0.15) is 0 Å². The Morgan fingerprint density at radius 1 is 1.45 bits per heavy atom. The molecule has 0 saturated carbocycles. The van der Waals surface area contributed by atoms with Gasteiger partial charge in [0, 0.05) is 61.1 Å². The zero-order chi connectivity index (χ0) is 14.3. The van der Waals surface area contributed by atoms with Crippen LogP contribution < -0.4 is 11.1 Å². The minimum atomic E-state index is -0.0448. The number of benzene rings is 1. The summed E-state index contributed by atoms with van der Waals surface area (Å²) in [7, 11) is 3.87. The van der Waals surface area contributed by atoms with Crippen LogP contribution in [0.2, 0.25) is 0 Å². The van der Waals surface area contributed by atoms with Crippen molar-refractivity contribution in [3.05, 3.63) is 47.4 Å². The van der Waals surface area contributed by atoms with Crippen LogP contribution in [0.3, 0.4) is 0 Å². The molecular formula is C15H18N4O. The number of nitrogens with two attached hydrogens (primary N) is 1. The molecule has 1 unspecified atom stereocenters. The summed E-state index contributed by atoms with van der Waals surface area (Å²) in [4.78, 5) is 17.3. The summed E-state index contributed by atoms with van der Waals surface area (Å²) < 4.78 is 0. The monoisotopic (exact) mass is 270 g/mol. The van der Waals surface area contributed by atoms with E-state index in [9.17, 15) is 4.79 Å². The third-order valence-corrected chi connectivity index (χ3v) is 3.63. The SMILES string of the molecule is CN(C)C=C(N)C1CNC(=O)c2cccc3[nH]cc1c23. The Balaban J connectivity index is 2.19. The van der Waals surface area contributed by atoms with Crippen LogP contribution in [-0.4, -0.2) is 36.4 Å². The van der Waals surface area contributed by atoms with Crippen molar-refractivity contribution >= 4 is 16.8 Å². The highest BCUT2D eigenvalue weighted by Gasteiger charge is 2.26. The van der Waals surface area contributed by atoms with E-state index in [1.165, 1.54) is 0 Å². The Kier molecular flexibility index (Phi) is 2.89. The zero-order valence-electron chi connectivity index (χ0n) is 11.6. The molecule has 2 aromatic rings. The number of nitrogens with zero attached hydrogens (tertiary/aromatic N) is 1. The molecule has 1 atom stereocenters. The summed E-state index contributed by atoms with van der Waals surface area (Å²) in [5.74, 6) is -0.0599. The molecule has 4 N–H and O–H groups in total. The van der Waals surface area contributed by atoms with Gasteiger partial charge < -0.3 is 20.9 Å². The lowest BCUT2D eigenvalue weighted by Crippen LogP contribution is -2.28. The van der Waals surface area contributed by atoms with Crippen molar-refractivity contribution in [2.45, 2.75) is 5.92 Å². The summed E-state index contributed by atoms with van der Waals surface area (Å²) in [5, 5.41) is 3.92. The number of nitrogens with one attached hydrogen (secondary N) is 2. The van der Waals surface area contributed by atoms with Gasteiger partial charge in [-0.3, -0.25) is 4.79 Å². The average molecular weight is 270 g/mol. The largest absolute Gasteiger partial charge is 0.400 e. The first kappa shape index (κ1) is 12.6. The Labute approximate surface area is 117 Å². The molecule has 0 fully saturated rings. The van der Waals surface area contributed by atoms with Gasteiger partial charge in [0.2, 0.25) is 0 Å². The predicted molar refractivity (Wildman–Crippen MR) is 79.3 cm³/mol. The Bertz CT molecular complexity index is 699. The molecule has 2 heterocycles. The van der Waals surface area contributed by atoms with Crippen LogP contribution >= 0.6 is 0 Å². The molecule has 1 aliphatic rings. The van der Waals surface area contributed by atoms with E-state index in [4.69, 9.17) is 5.73 Å². The van der Waals surface area contributed by atoms with Gasteiger partial charge in [-0.15, -0.1) is 0 Å². The molecule has 1 aliphatic heterocycles. The lowest BCUT2D eigenvalue weighted by Gasteiger charge is -2.17. The van der Waals surface area contributed by atoms with E-state index in [2.05, 4.69) is 10.3 Å².